The van der Waals surface area contributed by atoms with Gasteiger partial charge in [0.1, 0.15) is 11.7 Å². The van der Waals surface area contributed by atoms with Crippen molar-refractivity contribution >= 4 is 11.8 Å². The van der Waals surface area contributed by atoms with Crippen LogP contribution in [0.3, 0.4) is 0 Å². The van der Waals surface area contributed by atoms with Gasteiger partial charge in [-0.2, -0.15) is 13.2 Å². The fourth-order valence-electron chi connectivity index (χ4n) is 3.18. The number of rotatable bonds is 3. The van der Waals surface area contributed by atoms with Gasteiger partial charge in [-0.25, -0.2) is 9.18 Å². The minimum absolute atomic E-state index is 0.0457. The Kier molecular flexibility index (Phi) is 4.88. The van der Waals surface area contributed by atoms with Crippen LogP contribution < -0.4 is 10.6 Å². The molecule has 0 radical (unpaired) electrons. The molecule has 3 rings (SSSR count). The fourth-order valence-corrected chi connectivity index (χ4v) is 3.18. The van der Waals surface area contributed by atoms with Crippen molar-refractivity contribution in [2.45, 2.75) is 24.9 Å². The van der Waals surface area contributed by atoms with Crippen LogP contribution in [0, 0.1) is 18.7 Å². The van der Waals surface area contributed by atoms with E-state index in [0.29, 0.717) is 0 Å². The maximum Gasteiger partial charge on any atom is 0.437 e. The summed E-state index contributed by atoms with van der Waals surface area (Å²) in [6.45, 7) is 1.74. The topological polar surface area (TPSA) is 78.4 Å². The quantitative estimate of drug-likeness (QED) is 0.551. The number of halogens is 4. The van der Waals surface area contributed by atoms with Crippen LogP contribution in [0.2, 0.25) is 0 Å². The number of hydrogen-bond acceptors (Lipinski definition) is 3. The van der Waals surface area contributed by atoms with E-state index in [1.807, 2.05) is 0 Å². The summed E-state index contributed by atoms with van der Waals surface area (Å²) in [6.07, 6.45) is -5.34. The fraction of sp³-hybridized carbons (Fsp3) is 0.263. The third-order valence-corrected chi connectivity index (χ3v) is 4.65. The molecule has 0 aliphatic carbocycles. The maximum atomic E-state index is 13.7. The zero-order valence-corrected chi connectivity index (χ0v) is 14.5. The zero-order valence-electron chi connectivity index (χ0n) is 14.5. The highest BCUT2D eigenvalue weighted by atomic mass is 19.4. The second-order valence-corrected chi connectivity index (χ2v) is 6.60. The predicted octanol–water partition coefficient (Wildman–Crippen LogP) is 3.24. The van der Waals surface area contributed by atoms with Crippen LogP contribution >= 0.6 is 0 Å². The lowest BCUT2D eigenvalue weighted by Gasteiger charge is -2.45. The first-order valence-corrected chi connectivity index (χ1v) is 8.27. The number of hydrogen-bond donors (Lipinski definition) is 3. The summed E-state index contributed by atoms with van der Waals surface area (Å²) in [5.41, 5.74) is -3.04. The molecule has 1 fully saturated rings. The Labute approximate surface area is 157 Å². The van der Waals surface area contributed by atoms with Crippen molar-refractivity contribution in [2.24, 2.45) is 5.92 Å². The lowest BCUT2D eigenvalue weighted by molar-refractivity contribution is -0.287. The predicted molar refractivity (Wildman–Crippen MR) is 90.8 cm³/mol. The van der Waals surface area contributed by atoms with Crippen LogP contribution in [0.5, 0.6) is 0 Å². The molecule has 1 aliphatic rings. The van der Waals surface area contributed by atoms with Crippen molar-refractivity contribution < 1.29 is 32.3 Å². The van der Waals surface area contributed by atoms with Gasteiger partial charge in [-0.3, -0.25) is 4.79 Å². The molecule has 3 atom stereocenters. The van der Waals surface area contributed by atoms with E-state index < -0.39 is 41.5 Å². The molecule has 2 aromatic rings. The number of alkyl halides is 3. The summed E-state index contributed by atoms with van der Waals surface area (Å²) in [7, 11) is 0. The van der Waals surface area contributed by atoms with Crippen molar-refractivity contribution in [3.8, 4) is 0 Å². The number of carbonyl (C=O) groups excluding carboxylic acids is 2. The summed E-state index contributed by atoms with van der Waals surface area (Å²) in [5.74, 6) is -3.81. The number of benzene rings is 2. The molecule has 0 spiro atoms. The first kappa shape index (κ1) is 19.8. The smallest absolute Gasteiger partial charge is 0.363 e. The van der Waals surface area contributed by atoms with E-state index in [-0.39, 0.29) is 11.1 Å². The van der Waals surface area contributed by atoms with Gasteiger partial charge in [0, 0.05) is 5.56 Å². The third-order valence-electron chi connectivity index (χ3n) is 4.65. The lowest BCUT2D eigenvalue weighted by atomic mass is 9.77. The number of aryl methyl sites for hydroxylation is 1. The molecule has 2 aromatic carbocycles. The largest absolute Gasteiger partial charge is 0.437 e. The number of carbonyl (C=O) groups is 2. The molecular weight excluding hydrogens is 380 g/mol. The molecule has 0 bridgehead atoms. The normalized spacial score (nSPS) is 25.0. The van der Waals surface area contributed by atoms with Crippen molar-refractivity contribution in [3.63, 3.8) is 0 Å². The Morgan fingerprint density at radius 3 is 2.18 bits per heavy atom. The Hall–Kier alpha value is -2.94. The van der Waals surface area contributed by atoms with Crippen LogP contribution in [0.15, 0.2) is 48.5 Å². The molecule has 2 amide bonds. The Morgan fingerprint density at radius 1 is 1.07 bits per heavy atom. The summed E-state index contributed by atoms with van der Waals surface area (Å²) < 4.78 is 54.4. The van der Waals surface area contributed by atoms with Crippen LogP contribution in [0.25, 0.3) is 0 Å². The van der Waals surface area contributed by atoms with Crippen LogP contribution in [-0.2, 0) is 0 Å². The van der Waals surface area contributed by atoms with Crippen LogP contribution in [0.4, 0.5) is 22.4 Å². The van der Waals surface area contributed by atoms with Gasteiger partial charge in [-0.1, -0.05) is 42.0 Å². The molecule has 0 unspecified atom stereocenters. The highest BCUT2D eigenvalue weighted by Gasteiger charge is 2.66. The second-order valence-electron chi connectivity index (χ2n) is 6.60. The molecular formula is C19H16F4N2O3. The van der Waals surface area contributed by atoms with Gasteiger partial charge >= 0.3 is 12.2 Å². The molecule has 148 valence electrons. The van der Waals surface area contributed by atoms with Gasteiger partial charge in [-0.05, 0) is 24.6 Å². The number of amides is 2. The Bertz CT molecular complexity index is 897. The molecule has 9 heteroatoms. The summed E-state index contributed by atoms with van der Waals surface area (Å²) in [6, 6.07) is 7.21. The average Bonchev–Trinajstić information content (AvgIpc) is 2.61. The first-order chi connectivity index (χ1) is 13.0. The average molecular weight is 396 g/mol. The Balaban J connectivity index is 2.15. The number of nitrogens with one attached hydrogen (secondary N) is 2. The molecule has 1 saturated heterocycles. The number of aliphatic hydroxyl groups is 1. The Morgan fingerprint density at radius 2 is 1.64 bits per heavy atom. The van der Waals surface area contributed by atoms with E-state index in [2.05, 4.69) is 5.32 Å². The van der Waals surface area contributed by atoms with Crippen molar-refractivity contribution in [1.82, 2.24) is 10.6 Å². The van der Waals surface area contributed by atoms with E-state index in [1.54, 1.807) is 19.1 Å². The molecule has 1 aliphatic heterocycles. The van der Waals surface area contributed by atoms with Gasteiger partial charge in [0.2, 0.25) is 5.72 Å². The van der Waals surface area contributed by atoms with E-state index in [1.165, 1.54) is 17.4 Å². The summed E-state index contributed by atoms with van der Waals surface area (Å²) in [5, 5.41) is 14.1. The minimum atomic E-state index is -5.34. The summed E-state index contributed by atoms with van der Waals surface area (Å²) >= 11 is 0. The van der Waals surface area contributed by atoms with Gasteiger partial charge in [0.25, 0.3) is 0 Å². The van der Waals surface area contributed by atoms with E-state index in [4.69, 9.17) is 0 Å². The first-order valence-electron chi connectivity index (χ1n) is 8.27. The van der Waals surface area contributed by atoms with E-state index in [0.717, 1.165) is 29.8 Å². The third kappa shape index (κ3) is 3.45. The number of ketones is 1. The van der Waals surface area contributed by atoms with Crippen LogP contribution in [-0.4, -0.2) is 28.8 Å². The SMILES string of the molecule is Cc1ccc(C(=O)[C@H]2[C@H](c3ccc(F)cc3)NC(=O)N[C@@]2(O)C(F)(F)F)cc1. The number of Topliss-reactive ketones (excluding diaryl/α,β-unsaturated/α-hetero) is 1. The molecule has 5 nitrogen and oxygen atoms in total. The maximum absolute atomic E-state index is 13.7. The van der Waals surface area contributed by atoms with Gasteiger partial charge in [0.05, 0.1) is 6.04 Å². The second kappa shape index (κ2) is 6.90. The molecule has 28 heavy (non-hydrogen) atoms. The summed E-state index contributed by atoms with van der Waals surface area (Å²) in [4.78, 5) is 24.9. The molecule has 0 aromatic heterocycles. The highest BCUT2D eigenvalue weighted by Crippen LogP contribution is 2.43. The zero-order chi connectivity index (χ0) is 20.7. The molecule has 1 heterocycles. The molecule has 3 N–H and O–H groups in total. The van der Waals surface area contributed by atoms with Gasteiger partial charge < -0.3 is 15.7 Å². The van der Waals surface area contributed by atoms with Crippen molar-refractivity contribution in [3.05, 3.63) is 71.0 Å². The van der Waals surface area contributed by atoms with Crippen LogP contribution in [0.1, 0.15) is 27.5 Å². The van der Waals surface area contributed by atoms with Crippen molar-refractivity contribution in [2.75, 3.05) is 0 Å². The minimum Gasteiger partial charge on any atom is -0.363 e. The monoisotopic (exact) mass is 396 g/mol. The lowest BCUT2D eigenvalue weighted by Crippen LogP contribution is -2.72. The number of urea groups is 1. The van der Waals surface area contributed by atoms with Crippen molar-refractivity contribution in [1.29, 1.82) is 0 Å². The standard InChI is InChI=1S/C19H16F4N2O3/c1-10-2-4-12(5-3-10)16(26)14-15(11-6-8-13(20)9-7-11)24-17(27)25-18(14,28)19(21,22)23/h2-9,14-15,28H,1H3,(H2,24,25,27)/t14-,15+,18+/m1/s1. The van der Waals surface area contributed by atoms with E-state index >= 15 is 0 Å². The van der Waals surface area contributed by atoms with E-state index in [9.17, 15) is 32.3 Å². The van der Waals surface area contributed by atoms with Gasteiger partial charge in [-0.15, -0.1) is 0 Å². The molecule has 0 saturated carbocycles. The van der Waals surface area contributed by atoms with Gasteiger partial charge in [0.15, 0.2) is 5.78 Å². The highest BCUT2D eigenvalue weighted by molar-refractivity contribution is 6.00.